The van der Waals surface area contributed by atoms with Crippen LogP contribution in [0.1, 0.15) is 34.2 Å². The van der Waals surface area contributed by atoms with Gasteiger partial charge < -0.3 is 20.2 Å². The maximum absolute atomic E-state index is 13.8. The monoisotopic (exact) mass is 512 g/mol. The van der Waals surface area contributed by atoms with Gasteiger partial charge in [-0.05, 0) is 65.9 Å². The Morgan fingerprint density at radius 2 is 1.75 bits per heavy atom. The molecule has 3 aromatic carbocycles. The van der Waals surface area contributed by atoms with E-state index in [2.05, 4.69) is 23.6 Å². The maximum atomic E-state index is 13.8. The molecule has 0 saturated carbocycles. The van der Waals surface area contributed by atoms with Gasteiger partial charge in [-0.3, -0.25) is 4.79 Å². The second-order valence-corrected chi connectivity index (χ2v) is 9.16. The highest BCUT2D eigenvalue weighted by Gasteiger charge is 2.24. The number of benzene rings is 3. The van der Waals surface area contributed by atoms with E-state index in [9.17, 15) is 18.7 Å². The van der Waals surface area contributed by atoms with Gasteiger partial charge in [-0.25, -0.2) is 8.78 Å². The van der Waals surface area contributed by atoms with Crippen LogP contribution in [0, 0.1) is 11.6 Å². The quantitative estimate of drug-likeness (QED) is 0.265. The van der Waals surface area contributed by atoms with Crippen LogP contribution in [-0.4, -0.2) is 29.7 Å². The number of aryl methyl sites for hydroxylation is 1. The van der Waals surface area contributed by atoms with Crippen molar-refractivity contribution < 1.29 is 23.1 Å². The molecule has 36 heavy (non-hydrogen) atoms. The summed E-state index contributed by atoms with van der Waals surface area (Å²) in [5.74, 6) is -1.97. The summed E-state index contributed by atoms with van der Waals surface area (Å²) in [7, 11) is 0. The lowest BCUT2D eigenvalue weighted by Gasteiger charge is -2.24. The maximum Gasteiger partial charge on any atom is 0.287 e. The fourth-order valence-corrected chi connectivity index (χ4v) is 4.28. The van der Waals surface area contributed by atoms with Gasteiger partial charge in [0.25, 0.3) is 5.91 Å². The Balaban J connectivity index is 1.48. The molecule has 4 aromatic rings. The van der Waals surface area contributed by atoms with Gasteiger partial charge in [-0.1, -0.05) is 42.8 Å². The molecule has 0 fully saturated rings. The molecule has 188 valence electrons. The summed E-state index contributed by atoms with van der Waals surface area (Å²) in [4.78, 5) is 13.0. The Bertz CT molecular complexity index is 1340. The van der Waals surface area contributed by atoms with Gasteiger partial charge in [0.1, 0.15) is 17.2 Å². The standard InChI is InChI=1S/C28H27ClF2N2O3/c1-2-17-4-3-5-18(8-17)15-32-16-25(34)24(11-19-9-22(30)14-23(31)10-19)33-28(35)27-13-20-12-21(29)6-7-26(20)36-27/h3-10,12-14,24-25,32,34H,2,11,15-16H2,1H3,(H,33,35)/t24-,25-/m0/s1. The van der Waals surface area contributed by atoms with E-state index in [4.69, 9.17) is 16.0 Å². The van der Waals surface area contributed by atoms with Gasteiger partial charge in [-0.2, -0.15) is 0 Å². The zero-order valence-corrected chi connectivity index (χ0v) is 20.5. The SMILES string of the molecule is CCc1cccc(CNC[C@H](O)[C@H](Cc2cc(F)cc(F)c2)NC(=O)c2cc3cc(Cl)ccc3o2)c1. The second-order valence-electron chi connectivity index (χ2n) is 8.73. The highest BCUT2D eigenvalue weighted by molar-refractivity contribution is 6.31. The highest BCUT2D eigenvalue weighted by Crippen LogP contribution is 2.23. The van der Waals surface area contributed by atoms with Crippen molar-refractivity contribution in [2.24, 2.45) is 0 Å². The molecule has 0 unspecified atom stereocenters. The van der Waals surface area contributed by atoms with E-state index < -0.39 is 29.7 Å². The van der Waals surface area contributed by atoms with E-state index in [0.29, 0.717) is 28.1 Å². The van der Waals surface area contributed by atoms with Crippen LogP contribution in [0.5, 0.6) is 0 Å². The van der Waals surface area contributed by atoms with E-state index in [1.54, 1.807) is 24.3 Å². The first-order valence-corrected chi connectivity index (χ1v) is 12.1. The summed E-state index contributed by atoms with van der Waals surface area (Å²) in [5.41, 5.74) is 3.07. The Morgan fingerprint density at radius 3 is 2.50 bits per heavy atom. The number of fused-ring (bicyclic) bond motifs is 1. The first-order chi connectivity index (χ1) is 17.3. The molecule has 0 aliphatic rings. The molecule has 0 aliphatic carbocycles. The van der Waals surface area contributed by atoms with Crippen molar-refractivity contribution >= 4 is 28.5 Å². The Morgan fingerprint density at radius 1 is 1.00 bits per heavy atom. The molecule has 0 saturated heterocycles. The lowest BCUT2D eigenvalue weighted by molar-refractivity contribution is 0.0806. The van der Waals surface area contributed by atoms with E-state index >= 15 is 0 Å². The van der Waals surface area contributed by atoms with Crippen molar-refractivity contribution in [1.29, 1.82) is 0 Å². The number of furan rings is 1. The van der Waals surface area contributed by atoms with Crippen LogP contribution in [0.25, 0.3) is 11.0 Å². The molecule has 1 amide bonds. The topological polar surface area (TPSA) is 74.5 Å². The summed E-state index contributed by atoms with van der Waals surface area (Å²) in [6.45, 7) is 2.74. The van der Waals surface area contributed by atoms with Crippen LogP contribution in [0.2, 0.25) is 5.02 Å². The van der Waals surface area contributed by atoms with Crippen LogP contribution < -0.4 is 10.6 Å². The average molecular weight is 513 g/mol. The molecule has 0 spiro atoms. The molecule has 2 atom stereocenters. The molecule has 5 nitrogen and oxygen atoms in total. The summed E-state index contributed by atoms with van der Waals surface area (Å²) < 4.78 is 33.2. The lowest BCUT2D eigenvalue weighted by Crippen LogP contribution is -2.48. The van der Waals surface area contributed by atoms with Crippen molar-refractivity contribution in [2.45, 2.75) is 38.5 Å². The van der Waals surface area contributed by atoms with Gasteiger partial charge in [0.15, 0.2) is 5.76 Å². The number of aliphatic hydroxyl groups excluding tert-OH is 1. The average Bonchev–Trinajstić information content (AvgIpc) is 3.26. The minimum atomic E-state index is -1.05. The van der Waals surface area contributed by atoms with Crippen molar-refractivity contribution in [2.75, 3.05) is 6.54 Å². The third kappa shape index (κ3) is 6.69. The smallest absolute Gasteiger partial charge is 0.287 e. The lowest BCUT2D eigenvalue weighted by atomic mass is 10.00. The first-order valence-electron chi connectivity index (χ1n) is 11.7. The second kappa shape index (κ2) is 11.6. The number of hydrogen-bond acceptors (Lipinski definition) is 4. The fourth-order valence-electron chi connectivity index (χ4n) is 4.10. The van der Waals surface area contributed by atoms with Crippen molar-refractivity contribution in [1.82, 2.24) is 10.6 Å². The summed E-state index contributed by atoms with van der Waals surface area (Å²) in [6, 6.07) is 17.0. The van der Waals surface area contributed by atoms with Crippen LogP contribution >= 0.6 is 11.6 Å². The first kappa shape index (κ1) is 25.8. The number of halogens is 3. The van der Waals surface area contributed by atoms with E-state index in [1.807, 2.05) is 18.2 Å². The Labute approximate surface area is 213 Å². The minimum Gasteiger partial charge on any atom is -0.451 e. The molecule has 0 radical (unpaired) electrons. The molecule has 8 heteroatoms. The molecule has 3 N–H and O–H groups in total. The minimum absolute atomic E-state index is 0.0145. The number of aliphatic hydroxyl groups is 1. The van der Waals surface area contributed by atoms with Crippen molar-refractivity contribution in [3.63, 3.8) is 0 Å². The van der Waals surface area contributed by atoms with E-state index in [-0.39, 0.29) is 18.7 Å². The zero-order valence-electron chi connectivity index (χ0n) is 19.7. The van der Waals surface area contributed by atoms with Crippen molar-refractivity contribution in [3.05, 3.63) is 106 Å². The molecule has 1 aromatic heterocycles. The van der Waals surface area contributed by atoms with E-state index in [1.165, 1.54) is 17.7 Å². The fraction of sp³-hybridized carbons (Fsp3) is 0.250. The van der Waals surface area contributed by atoms with Crippen LogP contribution in [0.4, 0.5) is 8.78 Å². The summed E-state index contributed by atoms with van der Waals surface area (Å²) >= 11 is 6.02. The number of carbonyl (C=O) groups is 1. The normalized spacial score (nSPS) is 13.0. The summed E-state index contributed by atoms with van der Waals surface area (Å²) in [6.07, 6.45) is -0.114. The highest BCUT2D eigenvalue weighted by atomic mass is 35.5. The molecular weight excluding hydrogens is 486 g/mol. The van der Waals surface area contributed by atoms with Crippen LogP contribution in [-0.2, 0) is 19.4 Å². The predicted octanol–water partition coefficient (Wildman–Crippen LogP) is 5.42. The van der Waals surface area contributed by atoms with Gasteiger partial charge in [0.05, 0.1) is 12.1 Å². The number of rotatable bonds is 10. The number of amides is 1. The molecule has 0 bridgehead atoms. The molecule has 0 aliphatic heterocycles. The van der Waals surface area contributed by atoms with Gasteiger partial charge in [0.2, 0.25) is 0 Å². The van der Waals surface area contributed by atoms with Crippen LogP contribution in [0.3, 0.4) is 0 Å². The Kier molecular flexibility index (Phi) is 8.36. The van der Waals surface area contributed by atoms with Crippen molar-refractivity contribution in [3.8, 4) is 0 Å². The predicted molar refractivity (Wildman–Crippen MR) is 136 cm³/mol. The summed E-state index contributed by atoms with van der Waals surface area (Å²) in [5, 5.41) is 18.1. The van der Waals surface area contributed by atoms with Gasteiger partial charge in [-0.15, -0.1) is 0 Å². The Hall–Kier alpha value is -3.26. The van der Waals surface area contributed by atoms with Gasteiger partial charge in [0, 0.05) is 29.6 Å². The number of carbonyl (C=O) groups excluding carboxylic acids is 1. The van der Waals surface area contributed by atoms with E-state index in [0.717, 1.165) is 18.1 Å². The molecular formula is C28H27ClF2N2O3. The largest absolute Gasteiger partial charge is 0.451 e. The molecule has 1 heterocycles. The van der Waals surface area contributed by atoms with Crippen LogP contribution in [0.15, 0.2) is 71.1 Å². The number of hydrogen-bond donors (Lipinski definition) is 3. The zero-order chi connectivity index (χ0) is 25.7. The number of nitrogens with one attached hydrogen (secondary N) is 2. The van der Waals surface area contributed by atoms with Gasteiger partial charge >= 0.3 is 0 Å². The third-order valence-corrected chi connectivity index (χ3v) is 6.18. The molecule has 4 rings (SSSR count). The third-order valence-electron chi connectivity index (χ3n) is 5.94.